The number of fused-ring (bicyclic) bond motifs is 1. The number of hydrogen-bond donors (Lipinski definition) is 2. The van der Waals surface area contributed by atoms with Crippen molar-refractivity contribution in [2.75, 3.05) is 0 Å². The van der Waals surface area contributed by atoms with Crippen molar-refractivity contribution in [1.82, 2.24) is 15.5 Å². The summed E-state index contributed by atoms with van der Waals surface area (Å²) in [6.45, 7) is 5.87. The highest BCUT2D eigenvalue weighted by atomic mass is 16.1. The quantitative estimate of drug-likeness (QED) is 0.768. The first-order valence-electron chi connectivity index (χ1n) is 5.22. The Labute approximate surface area is 94.0 Å². The van der Waals surface area contributed by atoms with Gasteiger partial charge in [0.25, 0.3) is 5.91 Å². The molecule has 84 valence electrons. The summed E-state index contributed by atoms with van der Waals surface area (Å²) in [5.74, 6) is -0.0719. The van der Waals surface area contributed by atoms with E-state index < -0.39 is 0 Å². The Balaban J connectivity index is 2.29. The van der Waals surface area contributed by atoms with Gasteiger partial charge in [0.2, 0.25) is 0 Å². The van der Waals surface area contributed by atoms with E-state index in [0.717, 1.165) is 10.9 Å². The topological polar surface area (TPSA) is 57.8 Å². The van der Waals surface area contributed by atoms with E-state index in [-0.39, 0.29) is 11.4 Å². The van der Waals surface area contributed by atoms with Crippen molar-refractivity contribution in [1.29, 1.82) is 0 Å². The molecule has 0 radical (unpaired) electrons. The van der Waals surface area contributed by atoms with Crippen LogP contribution in [0.4, 0.5) is 0 Å². The third kappa shape index (κ3) is 2.21. The third-order valence-corrected chi connectivity index (χ3v) is 2.19. The second-order valence-corrected chi connectivity index (χ2v) is 4.86. The predicted octanol–water partition coefficient (Wildman–Crippen LogP) is 2.09. The molecule has 4 nitrogen and oxygen atoms in total. The van der Waals surface area contributed by atoms with Gasteiger partial charge in [0, 0.05) is 22.7 Å². The van der Waals surface area contributed by atoms with Crippen LogP contribution in [0.3, 0.4) is 0 Å². The van der Waals surface area contributed by atoms with Gasteiger partial charge in [-0.15, -0.1) is 0 Å². The summed E-state index contributed by atoms with van der Waals surface area (Å²) >= 11 is 0. The van der Waals surface area contributed by atoms with Crippen LogP contribution in [0.5, 0.6) is 0 Å². The van der Waals surface area contributed by atoms with E-state index in [1.165, 1.54) is 0 Å². The van der Waals surface area contributed by atoms with Gasteiger partial charge in [-0.25, -0.2) is 0 Å². The van der Waals surface area contributed by atoms with E-state index in [1.54, 1.807) is 18.3 Å². The molecule has 0 aliphatic carbocycles. The third-order valence-electron chi connectivity index (χ3n) is 2.19. The second-order valence-electron chi connectivity index (χ2n) is 4.86. The van der Waals surface area contributed by atoms with Crippen LogP contribution in [0.1, 0.15) is 31.1 Å². The van der Waals surface area contributed by atoms with Gasteiger partial charge in [-0.2, -0.15) is 5.10 Å². The number of nitrogens with one attached hydrogen (secondary N) is 2. The van der Waals surface area contributed by atoms with Crippen LogP contribution in [0.25, 0.3) is 10.9 Å². The number of nitrogens with zero attached hydrogens (tertiary/aromatic N) is 1. The minimum absolute atomic E-state index is 0.0719. The van der Waals surface area contributed by atoms with Crippen molar-refractivity contribution in [3.63, 3.8) is 0 Å². The fraction of sp³-hybridized carbons (Fsp3) is 0.333. The first-order valence-corrected chi connectivity index (χ1v) is 5.22. The highest BCUT2D eigenvalue weighted by molar-refractivity contribution is 5.98. The van der Waals surface area contributed by atoms with Gasteiger partial charge in [-0.3, -0.25) is 9.89 Å². The van der Waals surface area contributed by atoms with Gasteiger partial charge in [0.1, 0.15) is 0 Å². The number of amides is 1. The molecule has 2 N–H and O–H groups in total. The smallest absolute Gasteiger partial charge is 0.251 e. The average molecular weight is 217 g/mol. The molecular formula is C12H15N3O. The van der Waals surface area contributed by atoms with Crippen molar-refractivity contribution in [3.8, 4) is 0 Å². The van der Waals surface area contributed by atoms with Crippen molar-refractivity contribution >= 4 is 16.8 Å². The van der Waals surface area contributed by atoms with Crippen LogP contribution in [0, 0.1) is 0 Å². The number of H-pyrrole nitrogens is 1. The summed E-state index contributed by atoms with van der Waals surface area (Å²) < 4.78 is 0. The van der Waals surface area contributed by atoms with Gasteiger partial charge in [-0.1, -0.05) is 6.07 Å². The van der Waals surface area contributed by atoms with Crippen molar-refractivity contribution in [2.45, 2.75) is 26.3 Å². The molecule has 0 saturated carbocycles. The number of hydrogen-bond acceptors (Lipinski definition) is 2. The molecular weight excluding hydrogens is 202 g/mol. The maximum atomic E-state index is 11.9. The Kier molecular flexibility index (Phi) is 2.42. The SMILES string of the molecule is CC(C)(C)NC(=O)c1ccc2c[nH]nc2c1. The van der Waals surface area contributed by atoms with Crippen LogP contribution in [-0.4, -0.2) is 21.6 Å². The van der Waals surface area contributed by atoms with Gasteiger partial charge in [0.05, 0.1) is 5.52 Å². The van der Waals surface area contributed by atoms with E-state index in [9.17, 15) is 4.79 Å². The van der Waals surface area contributed by atoms with Crippen molar-refractivity contribution in [3.05, 3.63) is 30.0 Å². The monoisotopic (exact) mass is 217 g/mol. The zero-order chi connectivity index (χ0) is 11.8. The van der Waals surface area contributed by atoms with E-state index in [1.807, 2.05) is 26.8 Å². The molecule has 0 unspecified atom stereocenters. The molecule has 4 heteroatoms. The average Bonchev–Trinajstić information content (AvgIpc) is 2.61. The molecule has 1 aromatic carbocycles. The Morgan fingerprint density at radius 1 is 1.38 bits per heavy atom. The summed E-state index contributed by atoms with van der Waals surface area (Å²) in [6, 6.07) is 5.47. The maximum Gasteiger partial charge on any atom is 0.251 e. The Hall–Kier alpha value is -1.84. The zero-order valence-electron chi connectivity index (χ0n) is 9.66. The first kappa shape index (κ1) is 10.7. The lowest BCUT2D eigenvalue weighted by Gasteiger charge is -2.20. The van der Waals surface area contributed by atoms with Gasteiger partial charge >= 0.3 is 0 Å². The Bertz CT molecular complexity index is 522. The molecule has 0 spiro atoms. The standard InChI is InChI=1S/C12H15N3O/c1-12(2,3)14-11(16)8-4-5-9-7-13-15-10(9)6-8/h4-7H,1-3H3,(H,13,15)(H,14,16). The largest absolute Gasteiger partial charge is 0.347 e. The van der Waals surface area contributed by atoms with Gasteiger partial charge < -0.3 is 5.32 Å². The van der Waals surface area contributed by atoms with E-state index in [0.29, 0.717) is 5.56 Å². The molecule has 0 saturated heterocycles. The van der Waals surface area contributed by atoms with Crippen LogP contribution in [0.2, 0.25) is 0 Å². The molecule has 1 aromatic heterocycles. The Morgan fingerprint density at radius 3 is 2.81 bits per heavy atom. The van der Waals surface area contributed by atoms with E-state index >= 15 is 0 Å². The molecule has 0 atom stereocenters. The molecule has 0 fully saturated rings. The van der Waals surface area contributed by atoms with Crippen LogP contribution in [-0.2, 0) is 0 Å². The minimum atomic E-state index is -0.225. The summed E-state index contributed by atoms with van der Waals surface area (Å²) in [4.78, 5) is 11.9. The van der Waals surface area contributed by atoms with Crippen LogP contribution >= 0.6 is 0 Å². The highest BCUT2D eigenvalue weighted by Gasteiger charge is 2.15. The van der Waals surface area contributed by atoms with Crippen molar-refractivity contribution < 1.29 is 4.79 Å². The highest BCUT2D eigenvalue weighted by Crippen LogP contribution is 2.13. The lowest BCUT2D eigenvalue weighted by atomic mass is 10.1. The molecule has 16 heavy (non-hydrogen) atoms. The van der Waals surface area contributed by atoms with E-state index in [4.69, 9.17) is 0 Å². The second kappa shape index (κ2) is 3.63. The lowest BCUT2D eigenvalue weighted by molar-refractivity contribution is 0.0919. The van der Waals surface area contributed by atoms with Crippen molar-refractivity contribution in [2.24, 2.45) is 0 Å². The fourth-order valence-corrected chi connectivity index (χ4v) is 1.49. The number of aromatic amines is 1. The fourth-order valence-electron chi connectivity index (χ4n) is 1.49. The summed E-state index contributed by atoms with van der Waals surface area (Å²) in [6.07, 6.45) is 1.81. The Morgan fingerprint density at radius 2 is 2.12 bits per heavy atom. The zero-order valence-corrected chi connectivity index (χ0v) is 9.66. The lowest BCUT2D eigenvalue weighted by Crippen LogP contribution is -2.40. The molecule has 0 bridgehead atoms. The summed E-state index contributed by atoms with van der Waals surface area (Å²) in [5, 5.41) is 10.7. The molecule has 1 heterocycles. The van der Waals surface area contributed by atoms with Crippen LogP contribution in [0.15, 0.2) is 24.4 Å². The molecule has 0 aliphatic heterocycles. The maximum absolute atomic E-state index is 11.9. The normalized spacial score (nSPS) is 11.7. The molecule has 2 rings (SSSR count). The van der Waals surface area contributed by atoms with Gasteiger partial charge in [-0.05, 0) is 32.9 Å². The predicted molar refractivity (Wildman–Crippen MR) is 63.3 cm³/mol. The number of benzene rings is 1. The van der Waals surface area contributed by atoms with Gasteiger partial charge in [0.15, 0.2) is 0 Å². The van der Waals surface area contributed by atoms with Crippen LogP contribution < -0.4 is 5.32 Å². The number of carbonyl (C=O) groups is 1. The minimum Gasteiger partial charge on any atom is -0.347 e. The first-order chi connectivity index (χ1) is 7.46. The summed E-state index contributed by atoms with van der Waals surface area (Å²) in [7, 11) is 0. The molecule has 1 amide bonds. The number of rotatable bonds is 1. The number of carbonyl (C=O) groups excluding carboxylic acids is 1. The van der Waals surface area contributed by atoms with E-state index in [2.05, 4.69) is 15.5 Å². The number of aromatic nitrogens is 2. The molecule has 2 aromatic rings. The summed E-state index contributed by atoms with van der Waals surface area (Å²) in [5.41, 5.74) is 1.22. The molecule has 0 aliphatic rings.